The second-order valence-electron chi connectivity index (χ2n) is 3.35. The maximum atomic E-state index is 11.6. The molecule has 5 heteroatoms. The van der Waals surface area contributed by atoms with E-state index in [-0.39, 0.29) is 11.9 Å². The van der Waals surface area contributed by atoms with Crippen LogP contribution in [0, 0.1) is 0 Å². The van der Waals surface area contributed by atoms with E-state index >= 15 is 0 Å². The summed E-state index contributed by atoms with van der Waals surface area (Å²) >= 11 is 3.39. The molecular formula is C11H18N2OS2. The van der Waals surface area contributed by atoms with Crippen molar-refractivity contribution in [2.24, 2.45) is 0 Å². The number of nitrogens with zero attached hydrogens (tertiary/aromatic N) is 1. The van der Waals surface area contributed by atoms with Crippen LogP contribution < -0.4 is 5.32 Å². The van der Waals surface area contributed by atoms with E-state index in [9.17, 15) is 4.79 Å². The Kier molecular flexibility index (Phi) is 6.49. The summed E-state index contributed by atoms with van der Waals surface area (Å²) < 4.78 is 0. The number of amides is 1. The molecule has 0 bridgehead atoms. The number of nitrogens with one attached hydrogen (secondary N) is 1. The lowest BCUT2D eigenvalue weighted by atomic mass is 10.2. The molecule has 16 heavy (non-hydrogen) atoms. The Morgan fingerprint density at radius 3 is 3.00 bits per heavy atom. The minimum Gasteiger partial charge on any atom is -0.347 e. The van der Waals surface area contributed by atoms with Crippen molar-refractivity contribution in [1.82, 2.24) is 10.3 Å². The summed E-state index contributed by atoms with van der Waals surface area (Å²) in [4.78, 5) is 15.9. The summed E-state index contributed by atoms with van der Waals surface area (Å²) in [5, 5.41) is 5.96. The lowest BCUT2D eigenvalue weighted by Gasteiger charge is -2.14. The van der Waals surface area contributed by atoms with Gasteiger partial charge in [-0.15, -0.1) is 11.3 Å². The number of hydrogen-bond donors (Lipinski definition) is 1. The fraction of sp³-hybridized carbons (Fsp3) is 0.636. The molecule has 0 aliphatic rings. The van der Waals surface area contributed by atoms with Crippen molar-refractivity contribution in [1.29, 1.82) is 0 Å². The van der Waals surface area contributed by atoms with E-state index in [2.05, 4.69) is 24.1 Å². The number of aromatic nitrogens is 1. The van der Waals surface area contributed by atoms with Crippen molar-refractivity contribution in [2.45, 2.75) is 32.7 Å². The number of hydrogen-bond acceptors (Lipinski definition) is 4. The first kappa shape index (κ1) is 13.5. The third-order valence-corrected chi connectivity index (χ3v) is 3.96. The van der Waals surface area contributed by atoms with Gasteiger partial charge in [-0.05, 0) is 12.2 Å². The summed E-state index contributed by atoms with van der Waals surface area (Å²) in [6.45, 7) is 4.17. The molecule has 1 atom stereocenters. The molecule has 1 rings (SSSR count). The lowest BCUT2D eigenvalue weighted by Crippen LogP contribution is -2.28. The van der Waals surface area contributed by atoms with Crippen LogP contribution in [0.1, 0.15) is 37.7 Å². The zero-order valence-corrected chi connectivity index (χ0v) is 11.4. The van der Waals surface area contributed by atoms with Gasteiger partial charge in [0, 0.05) is 23.8 Å². The Hall–Kier alpha value is -0.550. The van der Waals surface area contributed by atoms with E-state index in [0.717, 1.165) is 22.9 Å². The van der Waals surface area contributed by atoms with Crippen LogP contribution in [-0.2, 0) is 4.79 Å². The lowest BCUT2D eigenvalue weighted by molar-refractivity contribution is -0.121. The van der Waals surface area contributed by atoms with Gasteiger partial charge in [-0.1, -0.05) is 13.8 Å². The normalized spacial score (nSPS) is 12.4. The van der Waals surface area contributed by atoms with Crippen molar-refractivity contribution in [3.8, 4) is 0 Å². The molecule has 1 heterocycles. The third-order valence-electron chi connectivity index (χ3n) is 2.17. The number of thioether (sulfide) groups is 1. The van der Waals surface area contributed by atoms with Gasteiger partial charge in [0.05, 0.1) is 6.04 Å². The Balaban J connectivity index is 2.36. The highest BCUT2D eigenvalue weighted by Crippen LogP contribution is 2.18. The van der Waals surface area contributed by atoms with Crippen molar-refractivity contribution < 1.29 is 4.79 Å². The van der Waals surface area contributed by atoms with Crippen LogP contribution in [0.15, 0.2) is 11.6 Å². The van der Waals surface area contributed by atoms with Crippen LogP contribution in [0.25, 0.3) is 0 Å². The predicted molar refractivity (Wildman–Crippen MR) is 70.9 cm³/mol. The highest BCUT2D eigenvalue weighted by molar-refractivity contribution is 7.99. The van der Waals surface area contributed by atoms with Gasteiger partial charge in [-0.2, -0.15) is 11.8 Å². The predicted octanol–water partition coefficient (Wildman–Crippen LogP) is 2.85. The number of carbonyl (C=O) groups excluding carboxylic acids is 1. The molecule has 0 aromatic carbocycles. The van der Waals surface area contributed by atoms with Gasteiger partial charge in [-0.25, -0.2) is 4.98 Å². The molecule has 90 valence electrons. The van der Waals surface area contributed by atoms with Crippen LogP contribution in [0.3, 0.4) is 0 Å². The second-order valence-corrected chi connectivity index (χ2v) is 5.67. The first-order chi connectivity index (χ1) is 7.77. The molecule has 0 spiro atoms. The summed E-state index contributed by atoms with van der Waals surface area (Å²) in [5.74, 6) is 2.09. The summed E-state index contributed by atoms with van der Waals surface area (Å²) in [6, 6.07) is 0.0825. The van der Waals surface area contributed by atoms with E-state index in [0.29, 0.717) is 6.42 Å². The molecule has 0 radical (unpaired) electrons. The van der Waals surface area contributed by atoms with Gasteiger partial charge in [0.25, 0.3) is 0 Å². The second kappa shape index (κ2) is 7.68. The topological polar surface area (TPSA) is 42.0 Å². The zero-order valence-electron chi connectivity index (χ0n) is 9.73. The third kappa shape index (κ3) is 4.53. The average molecular weight is 258 g/mol. The fourth-order valence-corrected chi connectivity index (χ4v) is 2.71. The first-order valence-electron chi connectivity index (χ1n) is 5.54. The minimum atomic E-state index is 0.0825. The standard InChI is InChI=1S/C11H18N2OS2/c1-3-9(11-12-6-8-16-11)13-10(14)5-7-15-4-2/h6,8-9H,3-5,7H2,1-2H3,(H,13,14)/t9-/m1/s1. The van der Waals surface area contributed by atoms with Gasteiger partial charge < -0.3 is 5.32 Å². The maximum Gasteiger partial charge on any atom is 0.221 e. The van der Waals surface area contributed by atoms with E-state index in [1.54, 1.807) is 29.3 Å². The number of thiazole rings is 1. The molecule has 0 unspecified atom stereocenters. The molecular weight excluding hydrogens is 240 g/mol. The Bertz CT molecular complexity index is 301. The smallest absolute Gasteiger partial charge is 0.221 e. The molecule has 3 nitrogen and oxygen atoms in total. The van der Waals surface area contributed by atoms with E-state index < -0.39 is 0 Å². The minimum absolute atomic E-state index is 0.0825. The summed E-state index contributed by atoms with van der Waals surface area (Å²) in [7, 11) is 0. The highest BCUT2D eigenvalue weighted by atomic mass is 32.2. The molecule has 0 fully saturated rings. The quantitative estimate of drug-likeness (QED) is 0.765. The molecule has 0 saturated carbocycles. The van der Waals surface area contributed by atoms with Crippen LogP contribution in [0.4, 0.5) is 0 Å². The highest BCUT2D eigenvalue weighted by Gasteiger charge is 2.14. The van der Waals surface area contributed by atoms with Crippen molar-refractivity contribution in [3.05, 3.63) is 16.6 Å². The molecule has 1 amide bonds. The van der Waals surface area contributed by atoms with Gasteiger partial charge in [0.15, 0.2) is 0 Å². The van der Waals surface area contributed by atoms with Gasteiger partial charge in [0.1, 0.15) is 5.01 Å². The molecule has 1 N–H and O–H groups in total. The number of carbonyl (C=O) groups is 1. The molecule has 1 aromatic heterocycles. The van der Waals surface area contributed by atoms with Gasteiger partial charge in [-0.3, -0.25) is 4.79 Å². The van der Waals surface area contributed by atoms with Gasteiger partial charge in [0.2, 0.25) is 5.91 Å². The first-order valence-corrected chi connectivity index (χ1v) is 7.57. The summed E-state index contributed by atoms with van der Waals surface area (Å²) in [5.41, 5.74) is 0. The largest absolute Gasteiger partial charge is 0.347 e. The maximum absolute atomic E-state index is 11.6. The molecule has 0 saturated heterocycles. The van der Waals surface area contributed by atoms with Crippen molar-refractivity contribution in [3.63, 3.8) is 0 Å². The SMILES string of the molecule is CCSCCC(=O)N[C@H](CC)c1nccs1. The van der Waals surface area contributed by atoms with E-state index in [1.165, 1.54) is 0 Å². The van der Waals surface area contributed by atoms with Crippen molar-refractivity contribution in [2.75, 3.05) is 11.5 Å². The average Bonchev–Trinajstić information content (AvgIpc) is 2.79. The van der Waals surface area contributed by atoms with Crippen molar-refractivity contribution >= 4 is 29.0 Å². The number of rotatable bonds is 7. The summed E-state index contributed by atoms with van der Waals surface area (Å²) in [6.07, 6.45) is 3.27. The fourth-order valence-electron chi connectivity index (χ4n) is 1.32. The van der Waals surface area contributed by atoms with E-state index in [4.69, 9.17) is 0 Å². The molecule has 0 aliphatic carbocycles. The van der Waals surface area contributed by atoms with Gasteiger partial charge >= 0.3 is 0 Å². The Morgan fingerprint density at radius 1 is 1.62 bits per heavy atom. The van der Waals surface area contributed by atoms with Crippen LogP contribution in [0.2, 0.25) is 0 Å². The Labute approximate surface area is 105 Å². The molecule has 1 aromatic rings. The zero-order chi connectivity index (χ0) is 11.8. The molecule has 0 aliphatic heterocycles. The monoisotopic (exact) mass is 258 g/mol. The van der Waals surface area contributed by atoms with Crippen LogP contribution in [0.5, 0.6) is 0 Å². The Morgan fingerprint density at radius 2 is 2.44 bits per heavy atom. The van der Waals surface area contributed by atoms with Crippen LogP contribution >= 0.6 is 23.1 Å². The van der Waals surface area contributed by atoms with E-state index in [1.807, 2.05) is 5.38 Å². The van der Waals surface area contributed by atoms with Crippen LogP contribution in [-0.4, -0.2) is 22.4 Å².